The van der Waals surface area contributed by atoms with Gasteiger partial charge >= 0.3 is 0 Å². The average Bonchev–Trinajstić information content (AvgIpc) is 3.83. The predicted octanol–water partition coefficient (Wildman–Crippen LogP) is 15.8. The summed E-state index contributed by atoms with van der Waals surface area (Å²) in [5.74, 6) is 0. The number of hydrogen-bond donors (Lipinski definition) is 0. The van der Waals surface area contributed by atoms with Crippen molar-refractivity contribution in [2.45, 2.75) is 0 Å². The third-order valence-electron chi connectivity index (χ3n) is 12.9. The zero-order chi connectivity index (χ0) is 39.3. The lowest BCUT2D eigenvalue weighted by Crippen LogP contribution is -1.94. The molecule has 2 heterocycles. The minimum absolute atomic E-state index is 1.15. The van der Waals surface area contributed by atoms with E-state index < -0.39 is 0 Å². The van der Waals surface area contributed by atoms with Gasteiger partial charge in [-0.2, -0.15) is 0 Å². The van der Waals surface area contributed by atoms with Crippen LogP contribution in [0.5, 0.6) is 0 Å². The first-order valence-corrected chi connectivity index (χ1v) is 20.8. The van der Waals surface area contributed by atoms with E-state index in [2.05, 4.69) is 228 Å². The molecule has 278 valence electrons. The van der Waals surface area contributed by atoms with Crippen molar-refractivity contribution in [1.82, 2.24) is 9.13 Å². The van der Waals surface area contributed by atoms with E-state index in [1.165, 1.54) is 115 Å². The molecule has 13 rings (SSSR count). The Labute approximate surface area is 346 Å². The Morgan fingerprint density at radius 3 is 1.18 bits per heavy atom. The highest BCUT2D eigenvalue weighted by atomic mass is 15.0. The molecule has 0 aliphatic rings. The van der Waals surface area contributed by atoms with Crippen LogP contribution in [0, 0.1) is 0 Å². The van der Waals surface area contributed by atoms with Gasteiger partial charge in [-0.05, 0) is 132 Å². The lowest BCUT2D eigenvalue weighted by Gasteiger charge is -2.13. The number of aromatic nitrogens is 2. The molecule has 0 spiro atoms. The first kappa shape index (κ1) is 33.1. The van der Waals surface area contributed by atoms with Crippen molar-refractivity contribution in [1.29, 1.82) is 0 Å². The van der Waals surface area contributed by atoms with Crippen LogP contribution in [0.2, 0.25) is 0 Å². The molecule has 0 atom stereocenters. The van der Waals surface area contributed by atoms with Crippen LogP contribution in [-0.2, 0) is 0 Å². The summed E-state index contributed by atoms with van der Waals surface area (Å²) in [5.41, 5.74) is 12.0. The van der Waals surface area contributed by atoms with Crippen LogP contribution < -0.4 is 0 Å². The Hall–Kier alpha value is -7.94. The van der Waals surface area contributed by atoms with Gasteiger partial charge in [-0.3, -0.25) is 0 Å². The Morgan fingerprint density at radius 1 is 0.200 bits per heavy atom. The van der Waals surface area contributed by atoms with Gasteiger partial charge < -0.3 is 9.13 Å². The summed E-state index contributed by atoms with van der Waals surface area (Å²) in [7, 11) is 0. The maximum atomic E-state index is 2.42. The number of nitrogens with zero attached hydrogens (tertiary/aromatic N) is 2. The minimum Gasteiger partial charge on any atom is -0.309 e. The quantitative estimate of drug-likeness (QED) is 0.158. The summed E-state index contributed by atoms with van der Waals surface area (Å²) in [6.45, 7) is 0. The van der Waals surface area contributed by atoms with E-state index in [9.17, 15) is 0 Å². The molecule has 11 aromatic carbocycles. The van der Waals surface area contributed by atoms with Crippen LogP contribution >= 0.6 is 0 Å². The summed E-state index contributed by atoms with van der Waals surface area (Å²) in [6.07, 6.45) is 0. The smallest absolute Gasteiger partial charge is 0.0541 e. The molecule has 0 aliphatic carbocycles. The summed E-state index contributed by atoms with van der Waals surface area (Å²) >= 11 is 0. The summed E-state index contributed by atoms with van der Waals surface area (Å²) in [4.78, 5) is 0. The number of hydrogen-bond acceptors (Lipinski definition) is 0. The van der Waals surface area contributed by atoms with Crippen molar-refractivity contribution < 1.29 is 0 Å². The van der Waals surface area contributed by atoms with Crippen molar-refractivity contribution >= 4 is 86.7 Å². The fourth-order valence-corrected chi connectivity index (χ4v) is 10.1. The Kier molecular flexibility index (Phi) is 7.05. The Balaban J connectivity index is 0.909. The summed E-state index contributed by atoms with van der Waals surface area (Å²) < 4.78 is 4.82. The van der Waals surface area contributed by atoms with Gasteiger partial charge in [0.2, 0.25) is 0 Å². The molecule has 2 nitrogen and oxygen atoms in total. The second-order valence-corrected chi connectivity index (χ2v) is 16.1. The van der Waals surface area contributed by atoms with Crippen LogP contribution in [0.4, 0.5) is 0 Å². The molecule has 0 fully saturated rings. The number of fused-ring (bicyclic) bond motifs is 13. The molecule has 0 saturated carbocycles. The van der Waals surface area contributed by atoms with Gasteiger partial charge in [-0.25, -0.2) is 0 Å². The molecular formula is C58H36N2. The van der Waals surface area contributed by atoms with Crippen LogP contribution in [-0.4, -0.2) is 9.13 Å². The maximum Gasteiger partial charge on any atom is 0.0541 e. The molecule has 2 aromatic heterocycles. The fourth-order valence-electron chi connectivity index (χ4n) is 10.1. The zero-order valence-corrected chi connectivity index (χ0v) is 32.7. The van der Waals surface area contributed by atoms with Gasteiger partial charge in [0, 0.05) is 32.9 Å². The van der Waals surface area contributed by atoms with Gasteiger partial charge in [-0.1, -0.05) is 152 Å². The Bertz CT molecular complexity index is 3850. The molecule has 0 bridgehead atoms. The van der Waals surface area contributed by atoms with Crippen LogP contribution in [0.25, 0.3) is 120 Å². The first-order valence-electron chi connectivity index (χ1n) is 20.8. The fraction of sp³-hybridized carbons (Fsp3) is 0. The summed E-state index contributed by atoms with van der Waals surface area (Å²) in [6, 6.07) is 80.5. The standard InChI is InChI=1S/C58H36N2/c1-2-12-39-33-44(29-23-37(39)11-1)60-56-20-10-8-18-51(56)54-36-42(26-32-58(54)60)41-25-31-57-53(35-41)50-17-7-9-19-55(50)59(57)43-27-21-38(22-28-43)40-24-30-49-47-15-4-3-13-45(47)46-14-5-6-16-48(46)52(49)34-40/h1-36H. The molecule has 0 aliphatic heterocycles. The lowest BCUT2D eigenvalue weighted by atomic mass is 9.92. The largest absolute Gasteiger partial charge is 0.309 e. The monoisotopic (exact) mass is 760 g/mol. The van der Waals surface area contributed by atoms with Gasteiger partial charge in [0.15, 0.2) is 0 Å². The van der Waals surface area contributed by atoms with Crippen molar-refractivity contribution in [3.8, 4) is 33.6 Å². The molecule has 0 unspecified atom stereocenters. The third kappa shape index (κ3) is 4.88. The van der Waals surface area contributed by atoms with Gasteiger partial charge in [0.05, 0.1) is 22.1 Å². The molecule has 0 N–H and O–H groups in total. The maximum absolute atomic E-state index is 2.42. The van der Waals surface area contributed by atoms with Gasteiger partial charge in [-0.15, -0.1) is 0 Å². The highest BCUT2D eigenvalue weighted by Gasteiger charge is 2.17. The number of benzene rings is 11. The molecule has 0 amide bonds. The zero-order valence-electron chi connectivity index (χ0n) is 32.7. The second kappa shape index (κ2) is 12.8. The van der Waals surface area contributed by atoms with E-state index in [1.807, 2.05) is 0 Å². The number of rotatable bonds is 4. The minimum atomic E-state index is 1.15. The van der Waals surface area contributed by atoms with E-state index in [0.29, 0.717) is 0 Å². The third-order valence-corrected chi connectivity index (χ3v) is 12.9. The Morgan fingerprint density at radius 2 is 0.583 bits per heavy atom. The van der Waals surface area contributed by atoms with E-state index in [1.54, 1.807) is 0 Å². The highest BCUT2D eigenvalue weighted by Crippen LogP contribution is 2.40. The SMILES string of the molecule is c1ccc2cc(-n3c4ccccc4c4cc(-c5ccc6c(c5)c5ccccc5n6-c5ccc(-c6ccc7c8ccccc8c8ccccc8c7c6)cc5)ccc43)ccc2c1. The molecule has 13 aromatic rings. The molecule has 0 radical (unpaired) electrons. The van der Waals surface area contributed by atoms with Crippen LogP contribution in [0.3, 0.4) is 0 Å². The average molecular weight is 761 g/mol. The van der Waals surface area contributed by atoms with Crippen molar-refractivity contribution in [3.63, 3.8) is 0 Å². The van der Waals surface area contributed by atoms with Crippen LogP contribution in [0.1, 0.15) is 0 Å². The van der Waals surface area contributed by atoms with E-state index in [-0.39, 0.29) is 0 Å². The molecular weight excluding hydrogens is 725 g/mol. The second-order valence-electron chi connectivity index (χ2n) is 16.1. The van der Waals surface area contributed by atoms with E-state index in [0.717, 1.165) is 5.69 Å². The van der Waals surface area contributed by atoms with Crippen LogP contribution in [0.15, 0.2) is 218 Å². The highest BCUT2D eigenvalue weighted by molar-refractivity contribution is 6.25. The van der Waals surface area contributed by atoms with E-state index >= 15 is 0 Å². The molecule has 0 saturated heterocycles. The summed E-state index contributed by atoms with van der Waals surface area (Å²) in [5, 5.41) is 15.3. The van der Waals surface area contributed by atoms with Gasteiger partial charge in [0.1, 0.15) is 0 Å². The van der Waals surface area contributed by atoms with Crippen molar-refractivity contribution in [3.05, 3.63) is 218 Å². The molecule has 2 heteroatoms. The van der Waals surface area contributed by atoms with Gasteiger partial charge in [0.25, 0.3) is 0 Å². The first-order chi connectivity index (χ1) is 29.7. The van der Waals surface area contributed by atoms with Crippen molar-refractivity contribution in [2.75, 3.05) is 0 Å². The molecule has 60 heavy (non-hydrogen) atoms. The topological polar surface area (TPSA) is 9.86 Å². The predicted molar refractivity (Wildman–Crippen MR) is 256 cm³/mol. The lowest BCUT2D eigenvalue weighted by molar-refractivity contribution is 1.18. The van der Waals surface area contributed by atoms with E-state index in [4.69, 9.17) is 0 Å². The van der Waals surface area contributed by atoms with Crippen molar-refractivity contribution in [2.24, 2.45) is 0 Å². The number of para-hydroxylation sites is 2. The normalized spacial score (nSPS) is 12.0.